The highest BCUT2D eigenvalue weighted by Crippen LogP contribution is 2.08. The van der Waals surface area contributed by atoms with Crippen LogP contribution in [-0.2, 0) is 4.74 Å². The molecule has 0 saturated carbocycles. The molecule has 0 spiro atoms. The van der Waals surface area contributed by atoms with Gasteiger partial charge in [0, 0.05) is 25.0 Å². The lowest BCUT2D eigenvalue weighted by molar-refractivity contribution is 0.0600. The number of hydrogen-bond donors (Lipinski definition) is 2. The van der Waals surface area contributed by atoms with E-state index in [1.54, 1.807) is 0 Å². The molecule has 1 aromatic heterocycles. The zero-order valence-corrected chi connectivity index (χ0v) is 9.77. The van der Waals surface area contributed by atoms with Gasteiger partial charge < -0.3 is 15.4 Å². The molecule has 2 heterocycles. The zero-order chi connectivity index (χ0) is 12.1. The Morgan fingerprint density at radius 2 is 2.29 bits per heavy atom. The van der Waals surface area contributed by atoms with Gasteiger partial charge in [-0.25, -0.2) is 14.8 Å². The van der Waals surface area contributed by atoms with Crippen molar-refractivity contribution in [2.24, 2.45) is 0 Å². The molecule has 0 amide bonds. The monoisotopic (exact) mass is 236 g/mol. The highest BCUT2D eigenvalue weighted by molar-refractivity contribution is 5.88. The molecule has 1 atom stereocenters. The number of aromatic nitrogens is 2. The molecule has 1 saturated heterocycles. The second kappa shape index (κ2) is 5.58. The van der Waals surface area contributed by atoms with Gasteiger partial charge in [0.1, 0.15) is 0 Å². The summed E-state index contributed by atoms with van der Waals surface area (Å²) in [5.41, 5.74) is 0.361. The quantitative estimate of drug-likeness (QED) is 0.741. The van der Waals surface area contributed by atoms with E-state index in [-0.39, 0.29) is 0 Å². The fourth-order valence-electron chi connectivity index (χ4n) is 1.78. The number of piperidine rings is 1. The SMILES string of the molecule is COC(=O)c1cnc(NC2CCCNC2)nc1. The van der Waals surface area contributed by atoms with Crippen LogP contribution < -0.4 is 10.6 Å². The first kappa shape index (κ1) is 11.8. The lowest BCUT2D eigenvalue weighted by atomic mass is 10.1. The highest BCUT2D eigenvalue weighted by atomic mass is 16.5. The van der Waals surface area contributed by atoms with Crippen LogP contribution >= 0.6 is 0 Å². The third-order valence-electron chi connectivity index (χ3n) is 2.70. The predicted octanol–water partition coefficient (Wildman–Crippen LogP) is 0.427. The van der Waals surface area contributed by atoms with E-state index in [9.17, 15) is 4.79 Å². The Kier molecular flexibility index (Phi) is 3.87. The minimum atomic E-state index is -0.420. The second-order valence-corrected chi connectivity index (χ2v) is 3.97. The van der Waals surface area contributed by atoms with E-state index in [1.807, 2.05) is 0 Å². The lowest BCUT2D eigenvalue weighted by Gasteiger charge is -2.23. The van der Waals surface area contributed by atoms with Gasteiger partial charge in [0.25, 0.3) is 0 Å². The van der Waals surface area contributed by atoms with E-state index in [2.05, 4.69) is 25.3 Å². The van der Waals surface area contributed by atoms with Gasteiger partial charge in [-0.15, -0.1) is 0 Å². The number of esters is 1. The van der Waals surface area contributed by atoms with Gasteiger partial charge >= 0.3 is 5.97 Å². The first-order valence-electron chi connectivity index (χ1n) is 5.67. The molecule has 1 aliphatic rings. The first-order chi connectivity index (χ1) is 8.29. The molecule has 6 nitrogen and oxygen atoms in total. The fourth-order valence-corrected chi connectivity index (χ4v) is 1.78. The first-order valence-corrected chi connectivity index (χ1v) is 5.67. The van der Waals surface area contributed by atoms with Crippen molar-refractivity contribution in [2.75, 3.05) is 25.5 Å². The van der Waals surface area contributed by atoms with Crippen LogP contribution in [0.4, 0.5) is 5.95 Å². The summed E-state index contributed by atoms with van der Waals surface area (Å²) in [4.78, 5) is 19.4. The van der Waals surface area contributed by atoms with Crippen LogP contribution in [0.15, 0.2) is 12.4 Å². The van der Waals surface area contributed by atoms with Gasteiger partial charge in [-0.2, -0.15) is 0 Å². The van der Waals surface area contributed by atoms with Crippen molar-refractivity contribution in [1.82, 2.24) is 15.3 Å². The Morgan fingerprint density at radius 3 is 2.88 bits per heavy atom. The molecule has 0 aliphatic carbocycles. The van der Waals surface area contributed by atoms with Crippen molar-refractivity contribution in [2.45, 2.75) is 18.9 Å². The van der Waals surface area contributed by atoms with Crippen molar-refractivity contribution in [1.29, 1.82) is 0 Å². The zero-order valence-electron chi connectivity index (χ0n) is 9.77. The number of anilines is 1. The third kappa shape index (κ3) is 3.13. The van der Waals surface area contributed by atoms with E-state index in [0.717, 1.165) is 25.9 Å². The van der Waals surface area contributed by atoms with Crippen molar-refractivity contribution in [3.63, 3.8) is 0 Å². The van der Waals surface area contributed by atoms with Gasteiger partial charge in [-0.3, -0.25) is 0 Å². The van der Waals surface area contributed by atoms with E-state index >= 15 is 0 Å². The molecular formula is C11H16N4O2. The van der Waals surface area contributed by atoms with Crippen LogP contribution in [0.2, 0.25) is 0 Å². The van der Waals surface area contributed by atoms with E-state index in [1.165, 1.54) is 19.5 Å². The maximum Gasteiger partial charge on any atom is 0.341 e. The minimum absolute atomic E-state index is 0.354. The van der Waals surface area contributed by atoms with E-state index in [0.29, 0.717) is 17.6 Å². The summed E-state index contributed by atoms with van der Waals surface area (Å²) in [6.07, 6.45) is 5.20. The van der Waals surface area contributed by atoms with E-state index in [4.69, 9.17) is 0 Å². The van der Waals surface area contributed by atoms with Gasteiger partial charge in [-0.1, -0.05) is 0 Å². The number of nitrogens with one attached hydrogen (secondary N) is 2. The summed E-state index contributed by atoms with van der Waals surface area (Å²) in [6, 6.07) is 0.354. The van der Waals surface area contributed by atoms with Crippen LogP contribution in [0.3, 0.4) is 0 Å². The summed E-state index contributed by atoms with van der Waals surface area (Å²) in [5.74, 6) is 0.127. The average molecular weight is 236 g/mol. The van der Waals surface area contributed by atoms with Crippen LogP contribution in [0.1, 0.15) is 23.2 Å². The number of rotatable bonds is 3. The molecule has 2 N–H and O–H groups in total. The Labute approximate surface area is 99.8 Å². The molecule has 2 rings (SSSR count). The average Bonchev–Trinajstić information content (AvgIpc) is 2.40. The molecule has 6 heteroatoms. The molecule has 1 fully saturated rings. The number of methoxy groups -OCH3 is 1. The Morgan fingerprint density at radius 1 is 1.53 bits per heavy atom. The molecule has 92 valence electrons. The van der Waals surface area contributed by atoms with Crippen LogP contribution in [-0.4, -0.2) is 42.2 Å². The number of ether oxygens (including phenoxy) is 1. The van der Waals surface area contributed by atoms with Gasteiger partial charge in [-0.05, 0) is 19.4 Å². The van der Waals surface area contributed by atoms with Gasteiger partial charge in [0.2, 0.25) is 5.95 Å². The van der Waals surface area contributed by atoms with Crippen molar-refractivity contribution >= 4 is 11.9 Å². The second-order valence-electron chi connectivity index (χ2n) is 3.97. The smallest absolute Gasteiger partial charge is 0.341 e. The predicted molar refractivity (Wildman–Crippen MR) is 62.9 cm³/mol. The van der Waals surface area contributed by atoms with Crippen molar-refractivity contribution in [3.05, 3.63) is 18.0 Å². The van der Waals surface area contributed by atoms with E-state index < -0.39 is 5.97 Å². The third-order valence-corrected chi connectivity index (χ3v) is 2.70. The Balaban J connectivity index is 1.95. The van der Waals surface area contributed by atoms with Crippen molar-refractivity contribution < 1.29 is 9.53 Å². The largest absolute Gasteiger partial charge is 0.465 e. The number of nitrogens with zero attached hydrogens (tertiary/aromatic N) is 2. The van der Waals surface area contributed by atoms with Crippen molar-refractivity contribution in [3.8, 4) is 0 Å². The maximum absolute atomic E-state index is 11.2. The molecule has 1 aromatic rings. The summed E-state index contributed by atoms with van der Waals surface area (Å²) < 4.78 is 4.58. The lowest BCUT2D eigenvalue weighted by Crippen LogP contribution is -2.38. The summed E-state index contributed by atoms with van der Waals surface area (Å²) in [6.45, 7) is 1.99. The molecule has 0 bridgehead atoms. The molecule has 17 heavy (non-hydrogen) atoms. The fraction of sp³-hybridized carbons (Fsp3) is 0.545. The minimum Gasteiger partial charge on any atom is -0.465 e. The maximum atomic E-state index is 11.2. The Bertz CT molecular complexity index is 374. The summed E-state index contributed by atoms with van der Waals surface area (Å²) in [5, 5.41) is 6.53. The number of hydrogen-bond acceptors (Lipinski definition) is 6. The topological polar surface area (TPSA) is 76.1 Å². The normalized spacial score (nSPS) is 19.7. The molecule has 1 unspecified atom stereocenters. The summed E-state index contributed by atoms with van der Waals surface area (Å²) in [7, 11) is 1.34. The molecular weight excluding hydrogens is 220 g/mol. The molecule has 0 aromatic carbocycles. The van der Waals surface area contributed by atoms with Gasteiger partial charge in [0.05, 0.1) is 12.7 Å². The standard InChI is InChI=1S/C11H16N4O2/c1-17-10(16)8-5-13-11(14-6-8)15-9-3-2-4-12-7-9/h5-6,9,12H,2-4,7H2,1H3,(H,13,14,15). The molecule has 0 radical (unpaired) electrons. The number of carbonyl (C=O) groups is 1. The van der Waals surface area contributed by atoms with Crippen LogP contribution in [0.5, 0.6) is 0 Å². The van der Waals surface area contributed by atoms with Crippen LogP contribution in [0.25, 0.3) is 0 Å². The molecule has 1 aliphatic heterocycles. The highest BCUT2D eigenvalue weighted by Gasteiger charge is 2.14. The summed E-state index contributed by atoms with van der Waals surface area (Å²) >= 11 is 0. The van der Waals surface area contributed by atoms with Crippen LogP contribution in [0, 0.1) is 0 Å². The van der Waals surface area contributed by atoms with Gasteiger partial charge in [0.15, 0.2) is 0 Å². The Hall–Kier alpha value is -1.69. The number of carbonyl (C=O) groups excluding carboxylic acids is 1.